The van der Waals surface area contributed by atoms with Crippen molar-refractivity contribution in [3.8, 4) is 22.8 Å². The molecule has 5 heteroatoms. The summed E-state index contributed by atoms with van der Waals surface area (Å²) in [5, 5.41) is 2.26. The quantitative estimate of drug-likeness (QED) is 0.227. The zero-order valence-corrected chi connectivity index (χ0v) is 20.1. The average Bonchev–Trinajstić information content (AvgIpc) is 3.26. The van der Waals surface area contributed by atoms with Gasteiger partial charge in [0.15, 0.2) is 0 Å². The molecule has 5 rings (SSSR count). The fraction of sp³-hybridized carbons (Fsp3) is 0.233. The Kier molecular flexibility index (Phi) is 6.96. The van der Waals surface area contributed by atoms with Crippen LogP contribution in [0.25, 0.3) is 33.1 Å². The Morgan fingerprint density at radius 3 is 2.60 bits per heavy atom. The normalized spacial score (nSPS) is 11.3. The molecule has 0 saturated carbocycles. The molecule has 2 heterocycles. The van der Waals surface area contributed by atoms with Gasteiger partial charge in [0.05, 0.1) is 12.3 Å². The Balaban J connectivity index is 1.58. The molecule has 0 aliphatic carbocycles. The van der Waals surface area contributed by atoms with Crippen molar-refractivity contribution >= 4 is 21.8 Å². The first-order valence-corrected chi connectivity index (χ1v) is 12.3. The lowest BCUT2D eigenvalue weighted by molar-refractivity contribution is 0.306. The van der Waals surface area contributed by atoms with Crippen LogP contribution in [-0.2, 0) is 13.0 Å². The number of aryl methyl sites for hydroxylation is 1. The van der Waals surface area contributed by atoms with Crippen LogP contribution in [0.2, 0.25) is 0 Å². The van der Waals surface area contributed by atoms with Crippen LogP contribution in [-0.4, -0.2) is 23.1 Å². The summed E-state index contributed by atoms with van der Waals surface area (Å²) in [7, 11) is 0. The number of nitrogens with two attached hydrogens (primary N) is 1. The average molecular weight is 466 g/mol. The second-order valence-corrected chi connectivity index (χ2v) is 8.65. The van der Waals surface area contributed by atoms with Crippen molar-refractivity contribution in [2.24, 2.45) is 5.73 Å². The maximum Gasteiger partial charge on any atom is 0.145 e. The van der Waals surface area contributed by atoms with Crippen LogP contribution >= 0.6 is 0 Å². The first-order valence-electron chi connectivity index (χ1n) is 12.3. The van der Waals surface area contributed by atoms with Gasteiger partial charge in [0.25, 0.3) is 0 Å². The minimum absolute atomic E-state index is 0.543. The summed E-state index contributed by atoms with van der Waals surface area (Å²) in [6.07, 6.45) is 4.77. The third-order valence-electron chi connectivity index (χ3n) is 6.31. The molecule has 0 radical (unpaired) electrons. The minimum Gasteiger partial charge on any atom is -0.492 e. The van der Waals surface area contributed by atoms with E-state index in [4.69, 9.17) is 15.2 Å². The van der Waals surface area contributed by atoms with Crippen LogP contribution in [0.1, 0.15) is 30.9 Å². The van der Waals surface area contributed by atoms with E-state index in [1.165, 1.54) is 10.9 Å². The lowest BCUT2D eigenvalue weighted by Gasteiger charge is -2.12. The number of rotatable bonds is 10. The minimum atomic E-state index is 0.543. The van der Waals surface area contributed by atoms with Crippen molar-refractivity contribution in [3.05, 3.63) is 90.1 Å². The fourth-order valence-corrected chi connectivity index (χ4v) is 4.63. The molecule has 0 bridgehead atoms. The zero-order valence-electron chi connectivity index (χ0n) is 20.1. The molecule has 3 N–H and O–H groups in total. The number of ether oxygens (including phenoxy) is 2. The summed E-state index contributed by atoms with van der Waals surface area (Å²) in [6.45, 7) is 3.83. The first-order chi connectivity index (χ1) is 17.3. The second kappa shape index (κ2) is 10.6. The monoisotopic (exact) mass is 465 g/mol. The van der Waals surface area contributed by atoms with Crippen molar-refractivity contribution in [2.75, 3.05) is 13.2 Å². The molecule has 0 unspecified atom stereocenters. The van der Waals surface area contributed by atoms with Crippen molar-refractivity contribution in [3.63, 3.8) is 0 Å². The maximum absolute atomic E-state index is 6.15. The Hall–Kier alpha value is -3.83. The largest absolute Gasteiger partial charge is 0.492 e. The summed E-state index contributed by atoms with van der Waals surface area (Å²) >= 11 is 0. The lowest BCUT2D eigenvalue weighted by Crippen LogP contribution is -2.00. The van der Waals surface area contributed by atoms with Gasteiger partial charge in [-0.15, -0.1) is 0 Å². The van der Waals surface area contributed by atoms with Crippen LogP contribution < -0.4 is 15.2 Å². The number of fused-ring (bicyclic) bond motifs is 2. The number of H-pyrrole nitrogens is 1. The maximum atomic E-state index is 6.15. The van der Waals surface area contributed by atoms with Gasteiger partial charge in [-0.1, -0.05) is 36.4 Å². The molecule has 5 aromatic rings. The zero-order chi connectivity index (χ0) is 24.0. The van der Waals surface area contributed by atoms with Crippen LogP contribution in [0.5, 0.6) is 11.5 Å². The molecule has 0 spiro atoms. The number of aromatic nitrogens is 2. The summed E-state index contributed by atoms with van der Waals surface area (Å²) in [4.78, 5) is 8.33. The number of nitrogens with zero attached hydrogens (tertiary/aromatic N) is 1. The highest BCUT2D eigenvalue weighted by Crippen LogP contribution is 2.38. The van der Waals surface area contributed by atoms with E-state index >= 15 is 0 Å². The summed E-state index contributed by atoms with van der Waals surface area (Å²) in [6, 6.07) is 24.8. The number of aromatic amines is 1. The number of hydrogen-bond acceptors (Lipinski definition) is 4. The predicted octanol–water partition coefficient (Wildman–Crippen LogP) is 6.64. The number of benzene rings is 3. The summed E-state index contributed by atoms with van der Waals surface area (Å²) in [5.41, 5.74) is 12.5. The number of unbranched alkanes of at least 4 members (excludes halogenated alkanes) is 1. The molecule has 178 valence electrons. The lowest BCUT2D eigenvalue weighted by atomic mass is 9.97. The van der Waals surface area contributed by atoms with E-state index in [0.717, 1.165) is 64.0 Å². The van der Waals surface area contributed by atoms with Crippen molar-refractivity contribution in [1.29, 1.82) is 0 Å². The van der Waals surface area contributed by atoms with Crippen molar-refractivity contribution in [2.45, 2.75) is 32.8 Å². The second-order valence-electron chi connectivity index (χ2n) is 8.65. The standard InChI is InChI=1S/C30H31N3O2/c1-2-34-28-16-14-25(23-12-8-18-32-30(23)28)29-24(11-6-7-17-31)26-19-22(13-15-27(26)33-29)35-20-21-9-4-3-5-10-21/h3-5,8-10,12-16,18-19,33H,2,6-7,11,17,20,31H2,1H3. The molecule has 0 amide bonds. The Labute approximate surface area is 205 Å². The number of hydrogen-bond donors (Lipinski definition) is 2. The van der Waals surface area contributed by atoms with E-state index in [-0.39, 0.29) is 0 Å². The van der Waals surface area contributed by atoms with Crippen molar-refractivity contribution < 1.29 is 9.47 Å². The van der Waals surface area contributed by atoms with Gasteiger partial charge in [-0.2, -0.15) is 0 Å². The molecule has 0 fully saturated rings. The van der Waals surface area contributed by atoms with Crippen molar-refractivity contribution in [1.82, 2.24) is 9.97 Å². The van der Waals surface area contributed by atoms with Crippen LogP contribution in [0.4, 0.5) is 0 Å². The molecule has 0 aliphatic heterocycles. The smallest absolute Gasteiger partial charge is 0.145 e. The molecule has 0 aliphatic rings. The third-order valence-corrected chi connectivity index (χ3v) is 6.31. The topological polar surface area (TPSA) is 73.2 Å². The first kappa shape index (κ1) is 22.9. The van der Waals surface area contributed by atoms with Crippen LogP contribution in [0.3, 0.4) is 0 Å². The van der Waals surface area contributed by atoms with Crippen LogP contribution in [0, 0.1) is 0 Å². The highest BCUT2D eigenvalue weighted by atomic mass is 16.5. The van der Waals surface area contributed by atoms with Gasteiger partial charge in [0.1, 0.15) is 23.6 Å². The van der Waals surface area contributed by atoms with Gasteiger partial charge in [-0.25, -0.2) is 0 Å². The number of nitrogens with one attached hydrogen (secondary N) is 1. The molecular weight excluding hydrogens is 434 g/mol. The molecule has 2 aromatic heterocycles. The highest BCUT2D eigenvalue weighted by molar-refractivity contribution is 6.01. The van der Waals surface area contributed by atoms with Gasteiger partial charge in [-0.05, 0) is 80.3 Å². The molecule has 0 saturated heterocycles. The number of pyridine rings is 1. The van der Waals surface area contributed by atoms with Gasteiger partial charge in [0, 0.05) is 28.0 Å². The molecule has 5 nitrogen and oxygen atoms in total. The van der Waals surface area contributed by atoms with Gasteiger partial charge < -0.3 is 20.2 Å². The SMILES string of the molecule is CCOc1ccc(-c2[nH]c3ccc(OCc4ccccc4)cc3c2CCCCN)c2cccnc12. The third kappa shape index (κ3) is 4.86. The van der Waals surface area contributed by atoms with Gasteiger partial charge >= 0.3 is 0 Å². The molecule has 3 aromatic carbocycles. The molecular formula is C30H31N3O2. The summed E-state index contributed by atoms with van der Waals surface area (Å²) < 4.78 is 12.0. The summed E-state index contributed by atoms with van der Waals surface area (Å²) in [5.74, 6) is 1.68. The Bertz CT molecular complexity index is 1430. The Morgan fingerprint density at radius 1 is 0.886 bits per heavy atom. The molecule has 35 heavy (non-hydrogen) atoms. The van der Waals surface area contributed by atoms with Gasteiger partial charge in [-0.3, -0.25) is 4.98 Å². The fourth-order valence-electron chi connectivity index (χ4n) is 4.63. The van der Waals surface area contributed by atoms with Gasteiger partial charge in [0.2, 0.25) is 0 Å². The Morgan fingerprint density at radius 2 is 1.77 bits per heavy atom. The van der Waals surface area contributed by atoms with Crippen LogP contribution in [0.15, 0.2) is 79.0 Å². The van der Waals surface area contributed by atoms with E-state index in [0.29, 0.717) is 19.8 Å². The van der Waals surface area contributed by atoms with E-state index in [1.54, 1.807) is 0 Å². The van der Waals surface area contributed by atoms with E-state index in [2.05, 4.69) is 46.4 Å². The van der Waals surface area contributed by atoms with E-state index in [1.807, 2.05) is 49.5 Å². The molecule has 0 atom stereocenters. The highest BCUT2D eigenvalue weighted by Gasteiger charge is 2.18. The van der Waals surface area contributed by atoms with E-state index < -0.39 is 0 Å². The predicted molar refractivity (Wildman–Crippen MR) is 143 cm³/mol. The van der Waals surface area contributed by atoms with E-state index in [9.17, 15) is 0 Å².